The molecule has 4 rings (SSSR count). The fraction of sp³-hybridized carbons (Fsp3) is 0.462. The number of nitrogens with one attached hydrogen (secondary N) is 1. The van der Waals surface area contributed by atoms with Gasteiger partial charge in [0, 0.05) is 45.6 Å². The minimum Gasteiger partial charge on any atom is -0.444 e. The van der Waals surface area contributed by atoms with Gasteiger partial charge >= 0.3 is 6.09 Å². The van der Waals surface area contributed by atoms with Crippen LogP contribution in [0, 0.1) is 0 Å². The summed E-state index contributed by atoms with van der Waals surface area (Å²) >= 11 is 0. The molecule has 0 fully saturated rings. The second-order valence-electron chi connectivity index (χ2n) is 10.3. The van der Waals surface area contributed by atoms with Crippen LogP contribution in [0.2, 0.25) is 0 Å². The van der Waals surface area contributed by atoms with Crippen LogP contribution in [-0.2, 0) is 17.8 Å². The van der Waals surface area contributed by atoms with Gasteiger partial charge in [-0.25, -0.2) is 14.5 Å². The van der Waals surface area contributed by atoms with Crippen LogP contribution in [0.15, 0.2) is 36.7 Å². The van der Waals surface area contributed by atoms with Crippen LogP contribution in [0.25, 0.3) is 0 Å². The van der Waals surface area contributed by atoms with E-state index in [0.29, 0.717) is 49.2 Å². The summed E-state index contributed by atoms with van der Waals surface area (Å²) in [7, 11) is 3.59. The first-order chi connectivity index (χ1) is 18.0. The first-order valence-corrected chi connectivity index (χ1v) is 12.6. The van der Waals surface area contributed by atoms with Gasteiger partial charge in [-0.05, 0) is 45.4 Å². The summed E-state index contributed by atoms with van der Waals surface area (Å²) in [5.74, 6) is 0.981. The van der Waals surface area contributed by atoms with E-state index in [0.717, 1.165) is 11.3 Å². The number of nitrogens with zero attached hydrogens (tertiary/aromatic N) is 8. The lowest BCUT2D eigenvalue weighted by Gasteiger charge is -2.24. The molecule has 12 nitrogen and oxygen atoms in total. The van der Waals surface area contributed by atoms with Gasteiger partial charge in [-0.1, -0.05) is 17.3 Å². The Balaban J connectivity index is 1.47. The Morgan fingerprint density at radius 2 is 2.03 bits per heavy atom. The van der Waals surface area contributed by atoms with E-state index in [-0.39, 0.29) is 12.5 Å². The Bertz CT molecular complexity index is 1300. The predicted octanol–water partition coefficient (Wildman–Crippen LogP) is 3.01. The first-order valence-electron chi connectivity index (χ1n) is 12.6. The van der Waals surface area contributed by atoms with Crippen molar-refractivity contribution in [3.05, 3.63) is 53.5 Å². The Morgan fingerprint density at radius 1 is 1.24 bits per heavy atom. The summed E-state index contributed by atoms with van der Waals surface area (Å²) in [4.78, 5) is 39.8. The highest BCUT2D eigenvalue weighted by atomic mass is 16.6. The number of anilines is 3. The van der Waals surface area contributed by atoms with E-state index >= 15 is 0 Å². The largest absolute Gasteiger partial charge is 0.444 e. The number of hydrogen-bond donors (Lipinski definition) is 1. The Hall–Kier alpha value is -4.22. The summed E-state index contributed by atoms with van der Waals surface area (Å²) in [6.07, 6.45) is 2.97. The molecule has 38 heavy (non-hydrogen) atoms. The normalized spacial score (nSPS) is 13.7. The number of amides is 2. The molecule has 0 saturated carbocycles. The van der Waals surface area contributed by atoms with Gasteiger partial charge in [0.2, 0.25) is 5.95 Å². The molecule has 12 heteroatoms. The number of ether oxygens (including phenoxy) is 1. The monoisotopic (exact) mass is 521 g/mol. The van der Waals surface area contributed by atoms with Gasteiger partial charge in [0.25, 0.3) is 5.91 Å². The Kier molecular flexibility index (Phi) is 7.79. The van der Waals surface area contributed by atoms with Crippen LogP contribution in [0.1, 0.15) is 49.3 Å². The lowest BCUT2D eigenvalue weighted by molar-refractivity contribution is 0.0283. The lowest BCUT2D eigenvalue weighted by atomic mass is 10.1. The molecule has 1 aromatic carbocycles. The van der Waals surface area contributed by atoms with E-state index in [1.807, 2.05) is 63.9 Å². The number of aromatic nitrogens is 5. The van der Waals surface area contributed by atoms with Crippen molar-refractivity contribution in [2.75, 3.05) is 48.8 Å². The molecule has 0 saturated heterocycles. The molecule has 0 unspecified atom stereocenters. The zero-order valence-corrected chi connectivity index (χ0v) is 22.8. The molecule has 0 bridgehead atoms. The number of fused-ring (bicyclic) bond motifs is 1. The van der Waals surface area contributed by atoms with E-state index in [9.17, 15) is 9.59 Å². The molecule has 0 aliphatic carbocycles. The highest BCUT2D eigenvalue weighted by Crippen LogP contribution is 2.27. The van der Waals surface area contributed by atoms with Crippen molar-refractivity contribution >= 4 is 29.5 Å². The van der Waals surface area contributed by atoms with E-state index in [2.05, 4.69) is 25.6 Å². The molecule has 3 heterocycles. The highest BCUT2D eigenvalue weighted by molar-refractivity contribution is 6.09. The minimum absolute atomic E-state index is 0.141. The van der Waals surface area contributed by atoms with Crippen LogP contribution in [0.3, 0.4) is 0 Å². The summed E-state index contributed by atoms with van der Waals surface area (Å²) in [5, 5.41) is 11.5. The van der Waals surface area contributed by atoms with Gasteiger partial charge in [0.1, 0.15) is 22.7 Å². The smallest absolute Gasteiger partial charge is 0.410 e. The molecule has 1 N–H and O–H groups in total. The molecule has 3 aromatic rings. The molecule has 0 radical (unpaired) electrons. The second kappa shape index (κ2) is 11.0. The number of likely N-dealkylation sites (N-methyl/N-ethyl adjacent to an activating group) is 1. The van der Waals surface area contributed by atoms with Crippen molar-refractivity contribution in [2.24, 2.45) is 0 Å². The molecular weight excluding hydrogens is 486 g/mol. The van der Waals surface area contributed by atoms with Crippen LogP contribution >= 0.6 is 0 Å². The molecular formula is C26H35N9O3. The third kappa shape index (κ3) is 6.36. The maximum atomic E-state index is 13.5. The van der Waals surface area contributed by atoms with Gasteiger partial charge in [-0.15, -0.1) is 5.10 Å². The van der Waals surface area contributed by atoms with Crippen LogP contribution < -0.4 is 15.1 Å². The van der Waals surface area contributed by atoms with Crippen LogP contribution in [0.4, 0.5) is 22.2 Å². The van der Waals surface area contributed by atoms with E-state index in [1.54, 1.807) is 29.0 Å². The van der Waals surface area contributed by atoms with Gasteiger partial charge in [0.05, 0.1) is 19.3 Å². The Morgan fingerprint density at radius 3 is 2.76 bits per heavy atom. The quantitative estimate of drug-likeness (QED) is 0.500. The predicted molar refractivity (Wildman–Crippen MR) is 144 cm³/mol. The summed E-state index contributed by atoms with van der Waals surface area (Å²) in [6, 6.07) is 7.80. The minimum atomic E-state index is -0.567. The molecule has 0 spiro atoms. The average molecular weight is 522 g/mol. The third-order valence-corrected chi connectivity index (χ3v) is 5.86. The van der Waals surface area contributed by atoms with Crippen molar-refractivity contribution in [1.82, 2.24) is 29.9 Å². The number of carbonyl (C=O) groups excluding carboxylic acids is 2. The zero-order chi connectivity index (χ0) is 27.4. The van der Waals surface area contributed by atoms with Crippen molar-refractivity contribution in [3.63, 3.8) is 0 Å². The van der Waals surface area contributed by atoms with Crippen LogP contribution in [-0.4, -0.2) is 81.2 Å². The summed E-state index contributed by atoms with van der Waals surface area (Å²) < 4.78 is 7.10. The van der Waals surface area contributed by atoms with Crippen molar-refractivity contribution < 1.29 is 14.3 Å². The van der Waals surface area contributed by atoms with Gasteiger partial charge in [-0.2, -0.15) is 4.98 Å². The summed E-state index contributed by atoms with van der Waals surface area (Å²) in [5.41, 5.74) is 2.29. The standard InChI is InChI=1S/C26H35N9O3/c1-7-27-24-28-14-21-22(29-24)32(5)11-12-35(23(21)36)20-10-8-9-18(13-20)15-34-17-19(30-31-34)16-33(6)25(37)38-26(2,3)4/h8-10,13-14,17H,7,11-12,15-16H2,1-6H3,(H,27,28,29). The highest BCUT2D eigenvalue weighted by Gasteiger charge is 2.28. The van der Waals surface area contributed by atoms with Crippen molar-refractivity contribution in [1.29, 1.82) is 0 Å². The zero-order valence-electron chi connectivity index (χ0n) is 22.8. The topological polar surface area (TPSA) is 122 Å². The third-order valence-electron chi connectivity index (χ3n) is 5.86. The first kappa shape index (κ1) is 26.8. The van der Waals surface area contributed by atoms with Gasteiger partial charge in [-0.3, -0.25) is 4.79 Å². The molecule has 202 valence electrons. The number of benzene rings is 1. The van der Waals surface area contributed by atoms with E-state index in [1.165, 1.54) is 4.90 Å². The Labute approximate surface area is 222 Å². The maximum absolute atomic E-state index is 13.5. The van der Waals surface area contributed by atoms with Gasteiger partial charge < -0.3 is 24.8 Å². The SMILES string of the molecule is CCNc1ncc2c(n1)N(C)CCN(c1cccc(Cn3cc(CN(C)C(=O)OC(C)(C)C)nn3)c1)C2=O. The van der Waals surface area contributed by atoms with E-state index in [4.69, 9.17) is 4.74 Å². The second-order valence-corrected chi connectivity index (χ2v) is 10.3. The number of hydrogen-bond acceptors (Lipinski definition) is 9. The number of rotatable bonds is 7. The molecule has 2 amide bonds. The van der Waals surface area contributed by atoms with E-state index < -0.39 is 11.7 Å². The number of carbonyl (C=O) groups is 2. The molecule has 0 atom stereocenters. The fourth-order valence-corrected chi connectivity index (χ4v) is 4.05. The van der Waals surface area contributed by atoms with Crippen LogP contribution in [0.5, 0.6) is 0 Å². The van der Waals surface area contributed by atoms with Crippen molar-refractivity contribution in [2.45, 2.75) is 46.4 Å². The molecule has 1 aliphatic heterocycles. The molecule has 2 aromatic heterocycles. The lowest BCUT2D eigenvalue weighted by Crippen LogP contribution is -2.33. The maximum Gasteiger partial charge on any atom is 0.410 e. The summed E-state index contributed by atoms with van der Waals surface area (Å²) in [6.45, 7) is 10.0. The average Bonchev–Trinajstić information content (AvgIpc) is 3.24. The van der Waals surface area contributed by atoms with Crippen molar-refractivity contribution in [3.8, 4) is 0 Å². The molecule has 1 aliphatic rings. The fourth-order valence-electron chi connectivity index (χ4n) is 4.05. The van der Waals surface area contributed by atoms with Gasteiger partial charge in [0.15, 0.2) is 0 Å².